The molecule has 0 radical (unpaired) electrons. The van der Waals surface area contributed by atoms with Crippen molar-refractivity contribution in [1.82, 2.24) is 15.3 Å². The lowest BCUT2D eigenvalue weighted by atomic mass is 9.91. The Kier molecular flexibility index (Phi) is 5.91. The molecule has 1 aliphatic carbocycles. The third-order valence-electron chi connectivity index (χ3n) is 6.48. The molecule has 0 aliphatic heterocycles. The highest BCUT2D eigenvalue weighted by Gasteiger charge is 2.22. The Bertz CT molecular complexity index is 1210. The molecule has 0 spiro atoms. The van der Waals surface area contributed by atoms with E-state index in [1.165, 1.54) is 29.2 Å². The molecule has 5 nitrogen and oxygen atoms in total. The maximum Gasteiger partial charge on any atom is 0.225 e. The molecule has 1 saturated carbocycles. The van der Waals surface area contributed by atoms with E-state index in [2.05, 4.69) is 70.1 Å². The zero-order chi connectivity index (χ0) is 21.9. The molecule has 1 aliphatic rings. The molecule has 3 aromatic carbocycles. The van der Waals surface area contributed by atoms with Crippen molar-refractivity contribution in [3.63, 3.8) is 0 Å². The molecular formula is C27H31N5. The highest BCUT2D eigenvalue weighted by atomic mass is 15.2. The number of fused-ring (bicyclic) bond motifs is 2. The first-order chi connectivity index (χ1) is 15.7. The molecule has 5 heteroatoms. The van der Waals surface area contributed by atoms with Gasteiger partial charge in [0, 0.05) is 38.1 Å². The number of aromatic nitrogens is 2. The Morgan fingerprint density at radius 1 is 0.812 bits per heavy atom. The lowest BCUT2D eigenvalue weighted by Gasteiger charge is -2.30. The van der Waals surface area contributed by atoms with E-state index >= 15 is 0 Å². The van der Waals surface area contributed by atoms with E-state index in [9.17, 15) is 0 Å². The fourth-order valence-corrected chi connectivity index (χ4v) is 4.70. The molecule has 1 aromatic heterocycles. The van der Waals surface area contributed by atoms with E-state index in [0.717, 1.165) is 42.1 Å². The van der Waals surface area contributed by atoms with E-state index in [4.69, 9.17) is 9.97 Å². The summed E-state index contributed by atoms with van der Waals surface area (Å²) < 4.78 is 0. The summed E-state index contributed by atoms with van der Waals surface area (Å²) in [5, 5.41) is 11.1. The molecule has 1 fully saturated rings. The fraction of sp³-hybridized carbons (Fsp3) is 0.333. The quantitative estimate of drug-likeness (QED) is 0.435. The first kappa shape index (κ1) is 20.7. The van der Waals surface area contributed by atoms with Crippen LogP contribution < -0.4 is 15.5 Å². The lowest BCUT2D eigenvalue weighted by molar-refractivity contribution is 0.352. The van der Waals surface area contributed by atoms with Crippen LogP contribution in [0.2, 0.25) is 0 Å². The summed E-state index contributed by atoms with van der Waals surface area (Å²) in [5.41, 5.74) is 2.34. The molecule has 0 atom stereocenters. The van der Waals surface area contributed by atoms with Crippen molar-refractivity contribution in [2.45, 2.75) is 44.3 Å². The number of hydrogen-bond donors (Lipinski definition) is 2. The second-order valence-electron chi connectivity index (χ2n) is 9.04. The first-order valence-electron chi connectivity index (χ1n) is 11.6. The van der Waals surface area contributed by atoms with Gasteiger partial charge in [0.25, 0.3) is 0 Å². The number of nitrogens with zero attached hydrogens (tertiary/aromatic N) is 3. The van der Waals surface area contributed by atoms with Crippen LogP contribution in [-0.4, -0.2) is 36.1 Å². The van der Waals surface area contributed by atoms with Gasteiger partial charge in [0.2, 0.25) is 5.95 Å². The number of rotatable bonds is 6. The Balaban J connectivity index is 1.18. The molecule has 4 aromatic rings. The maximum atomic E-state index is 4.80. The smallest absolute Gasteiger partial charge is 0.225 e. The van der Waals surface area contributed by atoms with Crippen LogP contribution in [0.5, 0.6) is 0 Å². The number of para-hydroxylation sites is 1. The number of benzene rings is 3. The monoisotopic (exact) mass is 425 g/mol. The molecule has 0 saturated heterocycles. The highest BCUT2D eigenvalue weighted by Crippen LogP contribution is 2.26. The van der Waals surface area contributed by atoms with Crippen LogP contribution in [0.15, 0.2) is 66.7 Å². The fourth-order valence-electron chi connectivity index (χ4n) is 4.70. The van der Waals surface area contributed by atoms with E-state index in [1.807, 2.05) is 26.2 Å². The van der Waals surface area contributed by atoms with Gasteiger partial charge < -0.3 is 15.5 Å². The molecule has 1 heterocycles. The van der Waals surface area contributed by atoms with Crippen LogP contribution in [0.25, 0.3) is 21.7 Å². The normalized spacial score (nSPS) is 18.7. The van der Waals surface area contributed by atoms with Gasteiger partial charge in [-0.2, -0.15) is 4.98 Å². The standard InChI is InChI=1S/C27H31N5/c1-32(2)26-24-9-5-6-10-25(24)30-27(31-26)29-23-15-13-22(14-16-23)28-18-19-11-12-20-7-3-4-8-21(20)17-19/h3-12,17,22-23,28H,13-16,18H2,1-2H3,(H,29,30,31). The van der Waals surface area contributed by atoms with Crippen LogP contribution in [-0.2, 0) is 6.54 Å². The predicted molar refractivity (Wildman–Crippen MR) is 134 cm³/mol. The molecule has 5 rings (SSSR count). The SMILES string of the molecule is CN(C)c1nc(NC2CCC(NCc3ccc4ccccc4c3)CC2)nc2ccccc12. The van der Waals surface area contributed by atoms with Gasteiger partial charge in [0.05, 0.1) is 5.52 Å². The minimum absolute atomic E-state index is 0.421. The molecule has 32 heavy (non-hydrogen) atoms. The van der Waals surface area contributed by atoms with Crippen LogP contribution in [0.3, 0.4) is 0 Å². The average Bonchev–Trinajstić information content (AvgIpc) is 2.83. The van der Waals surface area contributed by atoms with Crippen LogP contribution in [0.4, 0.5) is 11.8 Å². The Morgan fingerprint density at radius 3 is 2.34 bits per heavy atom. The number of anilines is 2. The van der Waals surface area contributed by atoms with Gasteiger partial charge in [-0.25, -0.2) is 4.98 Å². The van der Waals surface area contributed by atoms with Crippen molar-refractivity contribution >= 4 is 33.4 Å². The second-order valence-corrected chi connectivity index (χ2v) is 9.04. The Hall–Kier alpha value is -3.18. The van der Waals surface area contributed by atoms with Gasteiger partial charge in [-0.05, 0) is 60.2 Å². The summed E-state index contributed by atoms with van der Waals surface area (Å²) >= 11 is 0. The van der Waals surface area contributed by atoms with Crippen molar-refractivity contribution < 1.29 is 0 Å². The van der Waals surface area contributed by atoms with Crippen molar-refractivity contribution in [3.8, 4) is 0 Å². The van der Waals surface area contributed by atoms with Gasteiger partial charge in [0.15, 0.2) is 0 Å². The van der Waals surface area contributed by atoms with Gasteiger partial charge in [-0.15, -0.1) is 0 Å². The van der Waals surface area contributed by atoms with E-state index in [-0.39, 0.29) is 0 Å². The van der Waals surface area contributed by atoms with E-state index in [1.54, 1.807) is 0 Å². The van der Waals surface area contributed by atoms with Crippen LogP contribution in [0.1, 0.15) is 31.2 Å². The van der Waals surface area contributed by atoms with Crippen LogP contribution >= 0.6 is 0 Å². The van der Waals surface area contributed by atoms with Crippen LogP contribution in [0, 0.1) is 0 Å². The minimum Gasteiger partial charge on any atom is -0.362 e. The van der Waals surface area contributed by atoms with Crippen molar-refractivity contribution in [3.05, 3.63) is 72.3 Å². The third kappa shape index (κ3) is 4.53. The first-order valence-corrected chi connectivity index (χ1v) is 11.6. The summed E-state index contributed by atoms with van der Waals surface area (Å²) in [7, 11) is 4.07. The second kappa shape index (κ2) is 9.13. The van der Waals surface area contributed by atoms with Gasteiger partial charge in [-0.1, -0.05) is 48.5 Å². The minimum atomic E-state index is 0.421. The third-order valence-corrected chi connectivity index (χ3v) is 6.48. The van der Waals surface area contributed by atoms with Gasteiger partial charge >= 0.3 is 0 Å². The topological polar surface area (TPSA) is 53.1 Å². The summed E-state index contributed by atoms with van der Waals surface area (Å²) in [6.45, 7) is 0.924. The number of hydrogen-bond acceptors (Lipinski definition) is 5. The van der Waals surface area contributed by atoms with Gasteiger partial charge in [-0.3, -0.25) is 0 Å². The molecular weight excluding hydrogens is 394 g/mol. The zero-order valence-electron chi connectivity index (χ0n) is 18.9. The Morgan fingerprint density at radius 2 is 1.53 bits per heavy atom. The molecule has 0 unspecified atom stereocenters. The molecule has 2 N–H and O–H groups in total. The lowest BCUT2D eigenvalue weighted by Crippen LogP contribution is -2.37. The summed E-state index contributed by atoms with van der Waals surface area (Å²) in [5.74, 6) is 1.70. The summed E-state index contributed by atoms with van der Waals surface area (Å²) in [4.78, 5) is 11.6. The van der Waals surface area contributed by atoms with Gasteiger partial charge in [0.1, 0.15) is 5.82 Å². The maximum absolute atomic E-state index is 4.80. The number of nitrogens with one attached hydrogen (secondary N) is 2. The predicted octanol–water partition coefficient (Wildman–Crippen LogP) is 5.36. The Labute approximate surface area is 189 Å². The van der Waals surface area contributed by atoms with Crippen molar-refractivity contribution in [2.75, 3.05) is 24.3 Å². The van der Waals surface area contributed by atoms with Crippen molar-refractivity contribution in [1.29, 1.82) is 0 Å². The summed E-state index contributed by atoms with van der Waals surface area (Å²) in [6.07, 6.45) is 4.59. The highest BCUT2D eigenvalue weighted by molar-refractivity contribution is 5.90. The van der Waals surface area contributed by atoms with E-state index < -0.39 is 0 Å². The van der Waals surface area contributed by atoms with Crippen molar-refractivity contribution in [2.24, 2.45) is 0 Å². The molecule has 164 valence electrons. The zero-order valence-corrected chi connectivity index (χ0v) is 18.9. The summed E-state index contributed by atoms with van der Waals surface area (Å²) in [6, 6.07) is 24.5. The average molecular weight is 426 g/mol. The van der Waals surface area contributed by atoms with E-state index in [0.29, 0.717) is 12.1 Å². The molecule has 0 bridgehead atoms. The largest absolute Gasteiger partial charge is 0.362 e. The molecule has 0 amide bonds.